The number of hydrogen-bond donors (Lipinski definition) is 1. The molecule has 15 heavy (non-hydrogen) atoms. The molecule has 0 spiro atoms. The summed E-state index contributed by atoms with van der Waals surface area (Å²) in [5.74, 6) is -0.396. The molecule has 1 N–H and O–H groups in total. The molecular formula is C12H15NO2. The lowest BCUT2D eigenvalue weighted by atomic mass is 9.86. The van der Waals surface area contributed by atoms with Crippen LogP contribution in [-0.4, -0.2) is 16.1 Å². The lowest BCUT2D eigenvalue weighted by Gasteiger charge is -2.20. The van der Waals surface area contributed by atoms with Gasteiger partial charge in [0.25, 0.3) is 0 Å². The summed E-state index contributed by atoms with van der Waals surface area (Å²) in [5.41, 5.74) is 1.31. The van der Waals surface area contributed by atoms with Gasteiger partial charge in [0.1, 0.15) is 0 Å². The Bertz CT molecular complexity index is 356. The first-order chi connectivity index (χ1) is 7.27. The number of aromatic carboxylic acids is 1. The van der Waals surface area contributed by atoms with Crippen LogP contribution in [0.15, 0.2) is 18.3 Å². The third-order valence-electron chi connectivity index (χ3n) is 3.05. The molecule has 0 amide bonds. The first-order valence-corrected chi connectivity index (χ1v) is 5.46. The number of carbonyl (C=O) groups is 1. The second-order valence-corrected chi connectivity index (χ2v) is 4.11. The number of hydrogen-bond acceptors (Lipinski definition) is 2. The summed E-state index contributed by atoms with van der Waals surface area (Å²) in [5, 5.41) is 8.88. The summed E-state index contributed by atoms with van der Waals surface area (Å²) in [4.78, 5) is 15.1. The molecule has 1 saturated carbocycles. The third kappa shape index (κ3) is 2.35. The zero-order valence-corrected chi connectivity index (χ0v) is 8.65. The Labute approximate surface area is 89.2 Å². The first kappa shape index (κ1) is 10.1. The zero-order valence-electron chi connectivity index (χ0n) is 8.65. The lowest BCUT2D eigenvalue weighted by molar-refractivity contribution is 0.0696. The SMILES string of the molecule is O=C(O)c1ccnc(C2CCCCC2)c1. The van der Waals surface area contributed by atoms with Gasteiger partial charge in [0, 0.05) is 17.8 Å². The van der Waals surface area contributed by atoms with Gasteiger partial charge in [-0.2, -0.15) is 0 Å². The predicted octanol–water partition coefficient (Wildman–Crippen LogP) is 2.83. The summed E-state index contributed by atoms with van der Waals surface area (Å²) in [6, 6.07) is 3.27. The highest BCUT2D eigenvalue weighted by molar-refractivity contribution is 5.87. The lowest BCUT2D eigenvalue weighted by Crippen LogP contribution is -2.08. The van der Waals surface area contributed by atoms with Gasteiger partial charge in [-0.05, 0) is 25.0 Å². The van der Waals surface area contributed by atoms with Crippen molar-refractivity contribution in [2.24, 2.45) is 0 Å². The van der Waals surface area contributed by atoms with E-state index in [1.165, 1.54) is 19.3 Å². The molecule has 0 aliphatic heterocycles. The van der Waals surface area contributed by atoms with Crippen LogP contribution in [-0.2, 0) is 0 Å². The van der Waals surface area contributed by atoms with Gasteiger partial charge in [-0.1, -0.05) is 19.3 Å². The molecule has 0 atom stereocenters. The van der Waals surface area contributed by atoms with Crippen LogP contribution in [0.2, 0.25) is 0 Å². The fourth-order valence-corrected chi connectivity index (χ4v) is 2.20. The molecular weight excluding hydrogens is 190 g/mol. The van der Waals surface area contributed by atoms with Gasteiger partial charge >= 0.3 is 5.97 Å². The summed E-state index contributed by atoms with van der Waals surface area (Å²) in [6.45, 7) is 0. The molecule has 1 aromatic heterocycles. The molecule has 0 saturated heterocycles. The zero-order chi connectivity index (χ0) is 10.7. The number of rotatable bonds is 2. The fourth-order valence-electron chi connectivity index (χ4n) is 2.20. The summed E-state index contributed by atoms with van der Waals surface area (Å²) >= 11 is 0. The van der Waals surface area contributed by atoms with Crippen LogP contribution in [0.25, 0.3) is 0 Å². The molecule has 3 nitrogen and oxygen atoms in total. The van der Waals surface area contributed by atoms with E-state index in [1.807, 2.05) is 0 Å². The van der Waals surface area contributed by atoms with Crippen LogP contribution in [0.1, 0.15) is 54.1 Å². The number of pyridine rings is 1. The molecule has 0 bridgehead atoms. The highest BCUT2D eigenvalue weighted by Crippen LogP contribution is 2.31. The molecule has 0 unspecified atom stereocenters. The highest BCUT2D eigenvalue weighted by Gasteiger charge is 2.17. The molecule has 80 valence electrons. The molecule has 1 aromatic rings. The maximum Gasteiger partial charge on any atom is 0.335 e. The first-order valence-electron chi connectivity index (χ1n) is 5.46. The van der Waals surface area contributed by atoms with E-state index in [-0.39, 0.29) is 0 Å². The fraction of sp³-hybridized carbons (Fsp3) is 0.500. The van der Waals surface area contributed by atoms with E-state index in [4.69, 9.17) is 5.11 Å². The molecule has 2 rings (SSSR count). The Kier molecular flexibility index (Phi) is 2.99. The summed E-state index contributed by atoms with van der Waals surface area (Å²) in [6.07, 6.45) is 7.68. The van der Waals surface area contributed by atoms with Crippen molar-refractivity contribution in [2.45, 2.75) is 38.0 Å². The van der Waals surface area contributed by atoms with E-state index in [0.717, 1.165) is 18.5 Å². The normalized spacial score (nSPS) is 17.6. The molecule has 1 aliphatic rings. The van der Waals surface area contributed by atoms with Gasteiger partial charge in [-0.15, -0.1) is 0 Å². The van der Waals surface area contributed by atoms with Crippen LogP contribution >= 0.6 is 0 Å². The van der Waals surface area contributed by atoms with Crippen molar-refractivity contribution < 1.29 is 9.90 Å². The Morgan fingerprint density at radius 1 is 1.33 bits per heavy atom. The van der Waals surface area contributed by atoms with Crippen molar-refractivity contribution in [3.63, 3.8) is 0 Å². The average Bonchev–Trinajstić information content (AvgIpc) is 2.30. The standard InChI is InChI=1S/C12H15NO2/c14-12(15)10-6-7-13-11(8-10)9-4-2-1-3-5-9/h6-9H,1-5H2,(H,14,15). The predicted molar refractivity (Wildman–Crippen MR) is 57.0 cm³/mol. The Balaban J connectivity index is 2.19. The van der Waals surface area contributed by atoms with Crippen LogP contribution < -0.4 is 0 Å². The molecule has 1 heterocycles. The molecule has 1 aliphatic carbocycles. The second-order valence-electron chi connectivity index (χ2n) is 4.11. The van der Waals surface area contributed by atoms with Gasteiger partial charge in [0.15, 0.2) is 0 Å². The third-order valence-corrected chi connectivity index (χ3v) is 3.05. The number of carboxylic acids is 1. The molecule has 1 fully saturated rings. The number of aromatic nitrogens is 1. The van der Waals surface area contributed by atoms with E-state index in [2.05, 4.69) is 4.98 Å². The minimum Gasteiger partial charge on any atom is -0.478 e. The van der Waals surface area contributed by atoms with Crippen molar-refractivity contribution in [1.82, 2.24) is 4.98 Å². The van der Waals surface area contributed by atoms with Gasteiger partial charge in [-0.3, -0.25) is 4.98 Å². The smallest absolute Gasteiger partial charge is 0.335 e. The highest BCUT2D eigenvalue weighted by atomic mass is 16.4. The monoisotopic (exact) mass is 205 g/mol. The molecule has 0 aromatic carbocycles. The van der Waals surface area contributed by atoms with E-state index in [0.29, 0.717) is 11.5 Å². The van der Waals surface area contributed by atoms with Crippen molar-refractivity contribution in [3.8, 4) is 0 Å². The minimum atomic E-state index is -0.866. The quantitative estimate of drug-likeness (QED) is 0.807. The number of carboxylic acid groups (broad SMARTS) is 1. The van der Waals surface area contributed by atoms with E-state index in [1.54, 1.807) is 18.3 Å². The van der Waals surface area contributed by atoms with Crippen molar-refractivity contribution in [3.05, 3.63) is 29.6 Å². The van der Waals surface area contributed by atoms with Crippen LogP contribution in [0.5, 0.6) is 0 Å². The van der Waals surface area contributed by atoms with Crippen molar-refractivity contribution in [1.29, 1.82) is 0 Å². The molecule has 3 heteroatoms. The Morgan fingerprint density at radius 2 is 2.07 bits per heavy atom. The molecule has 0 radical (unpaired) electrons. The topological polar surface area (TPSA) is 50.2 Å². The van der Waals surface area contributed by atoms with Gasteiger partial charge in [0.2, 0.25) is 0 Å². The van der Waals surface area contributed by atoms with E-state index < -0.39 is 5.97 Å². The summed E-state index contributed by atoms with van der Waals surface area (Å²) in [7, 11) is 0. The van der Waals surface area contributed by atoms with Crippen molar-refractivity contribution in [2.75, 3.05) is 0 Å². The van der Waals surface area contributed by atoms with Gasteiger partial charge < -0.3 is 5.11 Å². The van der Waals surface area contributed by atoms with Gasteiger partial charge in [-0.25, -0.2) is 4.79 Å². The van der Waals surface area contributed by atoms with Crippen LogP contribution in [0.3, 0.4) is 0 Å². The second kappa shape index (κ2) is 4.43. The summed E-state index contributed by atoms with van der Waals surface area (Å²) < 4.78 is 0. The maximum absolute atomic E-state index is 10.8. The van der Waals surface area contributed by atoms with E-state index in [9.17, 15) is 4.79 Å². The van der Waals surface area contributed by atoms with Gasteiger partial charge in [0.05, 0.1) is 5.56 Å². The largest absolute Gasteiger partial charge is 0.478 e. The minimum absolute atomic E-state index is 0.352. The van der Waals surface area contributed by atoms with E-state index >= 15 is 0 Å². The van der Waals surface area contributed by atoms with Crippen molar-refractivity contribution >= 4 is 5.97 Å². The van der Waals surface area contributed by atoms with Crippen LogP contribution in [0, 0.1) is 0 Å². The maximum atomic E-state index is 10.8. The van der Waals surface area contributed by atoms with Crippen LogP contribution in [0.4, 0.5) is 0 Å². The Hall–Kier alpha value is -1.38. The Morgan fingerprint density at radius 3 is 2.73 bits per heavy atom. The number of nitrogens with zero attached hydrogens (tertiary/aromatic N) is 1. The average molecular weight is 205 g/mol.